The molecule has 2 aromatic rings. The van der Waals surface area contributed by atoms with Crippen molar-refractivity contribution >= 4 is 12.4 Å². The van der Waals surface area contributed by atoms with Gasteiger partial charge in [-0.3, -0.25) is 0 Å². The van der Waals surface area contributed by atoms with Gasteiger partial charge in [0.2, 0.25) is 0 Å². The van der Waals surface area contributed by atoms with Gasteiger partial charge in [0, 0.05) is 5.92 Å². The summed E-state index contributed by atoms with van der Waals surface area (Å²) in [6.07, 6.45) is -0.614. The summed E-state index contributed by atoms with van der Waals surface area (Å²) in [5.41, 5.74) is 0.289. The van der Waals surface area contributed by atoms with E-state index in [4.69, 9.17) is 9.47 Å². The smallest absolute Gasteiger partial charge is 0.408 e. The predicted molar refractivity (Wildman–Crippen MR) is 119 cm³/mol. The predicted octanol–water partition coefficient (Wildman–Crippen LogP) is 5.29. The Bertz CT molecular complexity index is 940. The van der Waals surface area contributed by atoms with Crippen LogP contribution in [0, 0.1) is 18.6 Å². The molecule has 0 bridgehead atoms. The number of carbonyl (C=O) groups is 2. The summed E-state index contributed by atoms with van der Waals surface area (Å²) < 4.78 is 38.4. The van der Waals surface area contributed by atoms with Crippen molar-refractivity contribution in [1.82, 2.24) is 5.32 Å². The summed E-state index contributed by atoms with van der Waals surface area (Å²) in [7, 11) is 0. The van der Waals surface area contributed by atoms with Gasteiger partial charge < -0.3 is 19.6 Å². The molecular weight excluding hydrogens is 416 g/mol. The lowest BCUT2D eigenvalue weighted by Crippen LogP contribution is -2.52. The van der Waals surface area contributed by atoms with Gasteiger partial charge in [0.05, 0.1) is 12.7 Å². The lowest BCUT2D eigenvalue weighted by molar-refractivity contribution is -0.116. The van der Waals surface area contributed by atoms with Gasteiger partial charge >= 0.3 is 6.09 Å². The van der Waals surface area contributed by atoms with E-state index in [-0.39, 0.29) is 24.2 Å². The topological polar surface area (TPSA) is 64.6 Å². The van der Waals surface area contributed by atoms with Gasteiger partial charge in [-0.25, -0.2) is 13.6 Å². The van der Waals surface area contributed by atoms with Crippen LogP contribution in [0.5, 0.6) is 0 Å². The van der Waals surface area contributed by atoms with E-state index < -0.39 is 23.3 Å². The second-order valence-corrected chi connectivity index (χ2v) is 9.21. The van der Waals surface area contributed by atoms with Crippen LogP contribution in [0.1, 0.15) is 57.2 Å². The highest BCUT2D eigenvalue weighted by Gasteiger charge is 2.32. The molecule has 7 heteroatoms. The molecule has 0 aliphatic rings. The van der Waals surface area contributed by atoms with Crippen LogP contribution in [-0.2, 0) is 14.3 Å². The average Bonchev–Trinajstić information content (AvgIpc) is 2.68. The molecule has 0 saturated carbocycles. The maximum atomic E-state index is 13.7. The standard InChI is InChI=1S/C25H31F2NO4/c1-16-13-20(27)11-12-21(16)22(18-7-9-19(26)10-8-18)17(2)31-15-25(6,14-29)28-23(30)32-24(3,4)5/h7-14,17,22H,15H2,1-6H3,(H,28,30)/t17-,22-,25+/m0/s1. The van der Waals surface area contributed by atoms with Crippen molar-refractivity contribution in [2.24, 2.45) is 0 Å². The Kier molecular flexibility index (Phi) is 8.13. The number of aryl methyl sites for hydroxylation is 1. The van der Waals surface area contributed by atoms with E-state index in [9.17, 15) is 18.4 Å². The SMILES string of the molecule is Cc1cc(F)ccc1[C@H](c1ccc(F)cc1)[C@H](C)OC[C@@](C)(C=O)NC(=O)OC(C)(C)C. The maximum absolute atomic E-state index is 13.7. The van der Waals surface area contributed by atoms with Gasteiger partial charge in [0.15, 0.2) is 0 Å². The molecule has 0 unspecified atom stereocenters. The molecule has 0 spiro atoms. The number of aldehydes is 1. The summed E-state index contributed by atoms with van der Waals surface area (Å²) in [4.78, 5) is 23.9. The van der Waals surface area contributed by atoms with Gasteiger partial charge in [-0.1, -0.05) is 18.2 Å². The van der Waals surface area contributed by atoms with E-state index in [2.05, 4.69) is 5.32 Å². The fourth-order valence-corrected chi connectivity index (χ4v) is 3.40. The molecular formula is C25H31F2NO4. The molecule has 0 aromatic heterocycles. The number of alkyl carbamates (subject to hydrolysis) is 1. The molecule has 0 fully saturated rings. The van der Waals surface area contributed by atoms with Crippen LogP contribution in [0.15, 0.2) is 42.5 Å². The van der Waals surface area contributed by atoms with Crippen LogP contribution in [0.3, 0.4) is 0 Å². The van der Waals surface area contributed by atoms with Crippen LogP contribution < -0.4 is 5.32 Å². The van der Waals surface area contributed by atoms with Crippen LogP contribution >= 0.6 is 0 Å². The van der Waals surface area contributed by atoms with E-state index in [1.165, 1.54) is 31.2 Å². The first-order chi connectivity index (χ1) is 14.8. The van der Waals surface area contributed by atoms with Crippen LogP contribution in [0.25, 0.3) is 0 Å². The number of halogens is 2. The molecule has 5 nitrogen and oxygen atoms in total. The molecule has 2 rings (SSSR count). The number of hydrogen-bond donors (Lipinski definition) is 1. The van der Waals surface area contributed by atoms with Crippen molar-refractivity contribution in [2.45, 2.75) is 64.7 Å². The number of rotatable bonds is 8. The van der Waals surface area contributed by atoms with E-state index in [0.717, 1.165) is 16.7 Å². The molecule has 3 atom stereocenters. The van der Waals surface area contributed by atoms with Crippen LogP contribution in [-0.4, -0.2) is 36.2 Å². The monoisotopic (exact) mass is 447 g/mol. The van der Waals surface area contributed by atoms with Crippen LogP contribution in [0.2, 0.25) is 0 Å². The van der Waals surface area contributed by atoms with Gasteiger partial charge in [-0.15, -0.1) is 0 Å². The van der Waals surface area contributed by atoms with E-state index >= 15 is 0 Å². The lowest BCUT2D eigenvalue weighted by Gasteiger charge is -2.31. The third kappa shape index (κ3) is 7.12. The minimum absolute atomic E-state index is 0.116. The minimum Gasteiger partial charge on any atom is -0.444 e. The summed E-state index contributed by atoms with van der Waals surface area (Å²) in [5, 5.41) is 2.55. The highest BCUT2D eigenvalue weighted by molar-refractivity contribution is 5.76. The van der Waals surface area contributed by atoms with Gasteiger partial charge in [0.25, 0.3) is 0 Å². The number of carbonyl (C=O) groups excluding carboxylic acids is 2. The molecule has 1 amide bonds. The number of benzene rings is 2. The zero-order valence-corrected chi connectivity index (χ0v) is 19.4. The lowest BCUT2D eigenvalue weighted by atomic mass is 9.84. The average molecular weight is 448 g/mol. The highest BCUT2D eigenvalue weighted by Crippen LogP contribution is 2.33. The number of ether oxygens (including phenoxy) is 2. The van der Waals surface area contributed by atoms with Gasteiger partial charge in [-0.2, -0.15) is 0 Å². The third-order valence-corrected chi connectivity index (χ3v) is 4.96. The molecule has 1 N–H and O–H groups in total. The Hall–Kier alpha value is -2.80. The number of nitrogens with one attached hydrogen (secondary N) is 1. The van der Waals surface area contributed by atoms with Crippen molar-refractivity contribution in [3.63, 3.8) is 0 Å². The number of hydrogen-bond acceptors (Lipinski definition) is 4. The molecule has 0 aliphatic heterocycles. The zero-order chi connectivity index (χ0) is 24.1. The maximum Gasteiger partial charge on any atom is 0.408 e. The normalized spacial score (nSPS) is 15.4. The van der Waals surface area contributed by atoms with Gasteiger partial charge in [0.1, 0.15) is 29.1 Å². The third-order valence-electron chi connectivity index (χ3n) is 4.96. The quantitative estimate of drug-likeness (QED) is 0.559. The van der Waals surface area contributed by atoms with Crippen molar-refractivity contribution < 1.29 is 27.8 Å². The van der Waals surface area contributed by atoms with Crippen molar-refractivity contribution in [2.75, 3.05) is 6.61 Å². The highest BCUT2D eigenvalue weighted by atomic mass is 19.1. The van der Waals surface area contributed by atoms with E-state index in [1.54, 1.807) is 45.9 Å². The fourth-order valence-electron chi connectivity index (χ4n) is 3.40. The summed E-state index contributed by atoms with van der Waals surface area (Å²) in [6, 6.07) is 10.5. The van der Waals surface area contributed by atoms with E-state index in [1.807, 2.05) is 6.92 Å². The first kappa shape index (κ1) is 25.5. The molecule has 2 aromatic carbocycles. The Morgan fingerprint density at radius 1 is 1.06 bits per heavy atom. The van der Waals surface area contributed by atoms with Crippen molar-refractivity contribution in [3.05, 3.63) is 70.8 Å². The molecule has 0 radical (unpaired) electrons. The first-order valence-electron chi connectivity index (χ1n) is 10.4. The fraction of sp³-hybridized carbons (Fsp3) is 0.440. The Morgan fingerprint density at radius 3 is 2.19 bits per heavy atom. The first-order valence-corrected chi connectivity index (χ1v) is 10.4. The van der Waals surface area contributed by atoms with Gasteiger partial charge in [-0.05, 0) is 82.5 Å². The molecule has 0 saturated heterocycles. The van der Waals surface area contributed by atoms with Crippen LogP contribution in [0.4, 0.5) is 13.6 Å². The van der Waals surface area contributed by atoms with E-state index in [0.29, 0.717) is 6.29 Å². The molecule has 0 heterocycles. The van der Waals surface area contributed by atoms with Crippen molar-refractivity contribution in [3.8, 4) is 0 Å². The zero-order valence-electron chi connectivity index (χ0n) is 19.4. The summed E-state index contributed by atoms with van der Waals surface area (Å²) in [5.74, 6) is -1.08. The Balaban J connectivity index is 2.25. The molecule has 0 aliphatic carbocycles. The molecule has 174 valence electrons. The second-order valence-electron chi connectivity index (χ2n) is 9.21. The second kappa shape index (κ2) is 10.2. The summed E-state index contributed by atoms with van der Waals surface area (Å²) in [6.45, 7) is 10.2. The minimum atomic E-state index is -1.32. The summed E-state index contributed by atoms with van der Waals surface area (Å²) >= 11 is 0. The van der Waals surface area contributed by atoms with Crippen molar-refractivity contribution in [1.29, 1.82) is 0 Å². The molecule has 32 heavy (non-hydrogen) atoms. The Labute approximate surface area is 188 Å². The Morgan fingerprint density at radius 2 is 1.66 bits per heavy atom. The number of amides is 1. The largest absolute Gasteiger partial charge is 0.444 e.